The number of imidazole rings is 1. The SMILES string of the molecule is Nc1ccc(C2C3=C(COC3=O)Nc3nc4ccccc4n32)cc1. The lowest BCUT2D eigenvalue weighted by molar-refractivity contribution is -0.136. The van der Waals surface area contributed by atoms with E-state index in [9.17, 15) is 4.79 Å². The van der Waals surface area contributed by atoms with Gasteiger partial charge in [-0.3, -0.25) is 4.57 Å². The fourth-order valence-corrected chi connectivity index (χ4v) is 3.45. The minimum absolute atomic E-state index is 0.253. The van der Waals surface area contributed by atoms with Crippen LogP contribution >= 0.6 is 0 Å². The Morgan fingerprint density at radius 3 is 2.79 bits per heavy atom. The minimum atomic E-state index is -0.289. The molecule has 1 aromatic heterocycles. The maximum atomic E-state index is 12.3. The first-order chi connectivity index (χ1) is 11.7. The number of fused-ring (bicyclic) bond motifs is 3. The number of nitrogens with zero attached hydrogens (tertiary/aromatic N) is 2. The molecule has 5 rings (SSSR count). The number of ether oxygens (including phenoxy) is 1. The molecule has 2 aliphatic rings. The first kappa shape index (κ1) is 13.2. The second kappa shape index (κ2) is 4.61. The van der Waals surface area contributed by atoms with Crippen molar-refractivity contribution < 1.29 is 9.53 Å². The van der Waals surface area contributed by atoms with E-state index in [4.69, 9.17) is 10.5 Å². The van der Waals surface area contributed by atoms with Gasteiger partial charge in [0.2, 0.25) is 5.95 Å². The number of hydrogen-bond acceptors (Lipinski definition) is 5. The molecule has 118 valence electrons. The third-order valence-electron chi connectivity index (χ3n) is 4.53. The van der Waals surface area contributed by atoms with Crippen LogP contribution in [0.2, 0.25) is 0 Å². The highest BCUT2D eigenvalue weighted by molar-refractivity contribution is 5.96. The molecule has 0 fully saturated rings. The molecule has 24 heavy (non-hydrogen) atoms. The van der Waals surface area contributed by atoms with Gasteiger partial charge >= 0.3 is 5.97 Å². The summed E-state index contributed by atoms with van der Waals surface area (Å²) in [6.45, 7) is 0.253. The molecule has 0 saturated heterocycles. The Morgan fingerprint density at radius 2 is 1.96 bits per heavy atom. The van der Waals surface area contributed by atoms with Crippen LogP contribution in [-0.2, 0) is 9.53 Å². The van der Waals surface area contributed by atoms with E-state index in [0.29, 0.717) is 11.3 Å². The molecule has 3 N–H and O–H groups in total. The Bertz CT molecular complexity index is 1020. The summed E-state index contributed by atoms with van der Waals surface area (Å²) >= 11 is 0. The van der Waals surface area contributed by atoms with Gasteiger partial charge in [0.05, 0.1) is 28.3 Å². The van der Waals surface area contributed by atoms with E-state index in [0.717, 1.165) is 28.2 Å². The van der Waals surface area contributed by atoms with Crippen LogP contribution in [0.15, 0.2) is 59.8 Å². The third kappa shape index (κ3) is 1.70. The van der Waals surface area contributed by atoms with Crippen LogP contribution in [0, 0.1) is 0 Å². The van der Waals surface area contributed by atoms with Crippen LogP contribution in [0.25, 0.3) is 11.0 Å². The molecule has 6 heteroatoms. The van der Waals surface area contributed by atoms with Gasteiger partial charge in [-0.05, 0) is 29.8 Å². The van der Waals surface area contributed by atoms with Gasteiger partial charge < -0.3 is 15.8 Å². The van der Waals surface area contributed by atoms with E-state index in [1.54, 1.807) is 0 Å². The smallest absolute Gasteiger partial charge is 0.338 e. The number of para-hydroxylation sites is 2. The van der Waals surface area contributed by atoms with E-state index in [2.05, 4.69) is 10.3 Å². The molecular weight excluding hydrogens is 304 g/mol. The zero-order valence-corrected chi connectivity index (χ0v) is 12.7. The lowest BCUT2D eigenvalue weighted by Gasteiger charge is -2.27. The fourth-order valence-electron chi connectivity index (χ4n) is 3.45. The van der Waals surface area contributed by atoms with Gasteiger partial charge in [-0.2, -0.15) is 0 Å². The van der Waals surface area contributed by atoms with Crippen molar-refractivity contribution in [1.29, 1.82) is 0 Å². The number of aromatic nitrogens is 2. The fraction of sp³-hybridized carbons (Fsp3) is 0.111. The number of hydrogen-bond donors (Lipinski definition) is 2. The molecule has 0 aliphatic carbocycles. The molecule has 6 nitrogen and oxygen atoms in total. The first-order valence-electron chi connectivity index (χ1n) is 7.72. The van der Waals surface area contributed by atoms with Crippen LogP contribution in [0.4, 0.5) is 11.6 Å². The largest absolute Gasteiger partial charge is 0.456 e. The monoisotopic (exact) mass is 318 g/mol. The number of cyclic esters (lactones) is 1. The zero-order chi connectivity index (χ0) is 16.3. The highest BCUT2D eigenvalue weighted by atomic mass is 16.5. The Morgan fingerprint density at radius 1 is 1.17 bits per heavy atom. The number of carbonyl (C=O) groups is 1. The summed E-state index contributed by atoms with van der Waals surface area (Å²) in [4.78, 5) is 17.0. The molecular formula is C18H14N4O2. The molecule has 3 heterocycles. The van der Waals surface area contributed by atoms with Gasteiger partial charge in [-0.25, -0.2) is 9.78 Å². The maximum absolute atomic E-state index is 12.3. The number of nitrogen functional groups attached to an aromatic ring is 1. The van der Waals surface area contributed by atoms with Gasteiger partial charge in [-0.1, -0.05) is 24.3 Å². The highest BCUT2D eigenvalue weighted by Gasteiger charge is 2.39. The van der Waals surface area contributed by atoms with Crippen LogP contribution in [-0.4, -0.2) is 22.1 Å². The maximum Gasteiger partial charge on any atom is 0.338 e. The Labute approximate surface area is 137 Å². The number of carbonyl (C=O) groups excluding carboxylic acids is 1. The van der Waals surface area contributed by atoms with Crippen molar-refractivity contribution in [3.8, 4) is 0 Å². The molecule has 0 radical (unpaired) electrons. The van der Waals surface area contributed by atoms with Crippen molar-refractivity contribution in [2.45, 2.75) is 6.04 Å². The van der Waals surface area contributed by atoms with Gasteiger partial charge in [-0.15, -0.1) is 0 Å². The average Bonchev–Trinajstić information content (AvgIpc) is 3.14. The number of esters is 1. The van der Waals surface area contributed by atoms with E-state index >= 15 is 0 Å². The van der Waals surface area contributed by atoms with Gasteiger partial charge in [0.15, 0.2) is 0 Å². The molecule has 2 aromatic carbocycles. The number of rotatable bonds is 1. The van der Waals surface area contributed by atoms with Crippen molar-refractivity contribution >= 4 is 28.6 Å². The van der Waals surface area contributed by atoms with Crippen LogP contribution in [0.3, 0.4) is 0 Å². The standard InChI is InChI=1S/C18H14N4O2/c19-11-7-5-10(6-8-11)16-15-13(9-24-17(15)23)21-18-20-12-3-1-2-4-14(12)22(16)18/h1-8,16H,9,19H2,(H,20,21). The van der Waals surface area contributed by atoms with Crippen LogP contribution in [0.5, 0.6) is 0 Å². The minimum Gasteiger partial charge on any atom is -0.456 e. The second-order valence-electron chi connectivity index (χ2n) is 5.96. The predicted octanol–water partition coefficient (Wildman–Crippen LogP) is 2.44. The second-order valence-corrected chi connectivity index (χ2v) is 5.96. The average molecular weight is 318 g/mol. The molecule has 2 aliphatic heterocycles. The van der Waals surface area contributed by atoms with Crippen LogP contribution < -0.4 is 11.1 Å². The summed E-state index contributed by atoms with van der Waals surface area (Å²) in [6.07, 6.45) is 0. The summed E-state index contributed by atoms with van der Waals surface area (Å²) in [5.41, 5.74) is 10.7. The van der Waals surface area contributed by atoms with E-state index in [1.807, 2.05) is 53.1 Å². The van der Waals surface area contributed by atoms with Gasteiger partial charge in [0.1, 0.15) is 6.61 Å². The van der Waals surface area contributed by atoms with Crippen molar-refractivity contribution in [2.24, 2.45) is 0 Å². The summed E-state index contributed by atoms with van der Waals surface area (Å²) in [5.74, 6) is 0.429. The molecule has 0 bridgehead atoms. The number of nitrogens with two attached hydrogens (primary N) is 1. The van der Waals surface area contributed by atoms with Gasteiger partial charge in [0, 0.05) is 5.69 Å². The Kier molecular flexibility index (Phi) is 2.53. The molecule has 0 amide bonds. The Balaban J connectivity index is 1.81. The third-order valence-corrected chi connectivity index (χ3v) is 4.53. The first-order valence-corrected chi connectivity index (χ1v) is 7.72. The normalized spacial score (nSPS) is 19.0. The summed E-state index contributed by atoms with van der Waals surface area (Å²) < 4.78 is 7.29. The summed E-state index contributed by atoms with van der Waals surface area (Å²) in [5, 5.41) is 3.25. The number of anilines is 2. The summed E-state index contributed by atoms with van der Waals surface area (Å²) in [7, 11) is 0. The number of nitrogens with one attached hydrogen (secondary N) is 1. The lowest BCUT2D eigenvalue weighted by atomic mass is 9.95. The molecule has 1 unspecified atom stereocenters. The van der Waals surface area contributed by atoms with Gasteiger partial charge in [0.25, 0.3) is 0 Å². The predicted molar refractivity (Wildman–Crippen MR) is 90.3 cm³/mol. The molecule has 3 aromatic rings. The number of benzene rings is 2. The van der Waals surface area contributed by atoms with E-state index in [-0.39, 0.29) is 18.6 Å². The van der Waals surface area contributed by atoms with E-state index < -0.39 is 0 Å². The van der Waals surface area contributed by atoms with E-state index in [1.165, 1.54) is 0 Å². The quantitative estimate of drug-likeness (QED) is 0.532. The molecule has 0 saturated carbocycles. The molecule has 1 atom stereocenters. The highest BCUT2D eigenvalue weighted by Crippen LogP contribution is 2.41. The topological polar surface area (TPSA) is 82.2 Å². The van der Waals surface area contributed by atoms with Crippen molar-refractivity contribution in [3.05, 3.63) is 65.4 Å². The summed E-state index contributed by atoms with van der Waals surface area (Å²) in [6, 6.07) is 15.2. The van der Waals surface area contributed by atoms with Crippen molar-refractivity contribution in [1.82, 2.24) is 9.55 Å². The lowest BCUT2D eigenvalue weighted by Crippen LogP contribution is -2.25. The Hall–Kier alpha value is -3.28. The van der Waals surface area contributed by atoms with Crippen LogP contribution in [0.1, 0.15) is 11.6 Å². The molecule has 0 spiro atoms. The zero-order valence-electron chi connectivity index (χ0n) is 12.7. The van der Waals surface area contributed by atoms with Crippen molar-refractivity contribution in [3.63, 3.8) is 0 Å². The van der Waals surface area contributed by atoms with Crippen molar-refractivity contribution in [2.75, 3.05) is 17.7 Å².